The molecule has 0 atom stereocenters. The van der Waals surface area contributed by atoms with Gasteiger partial charge in [0.25, 0.3) is 10.0 Å². The minimum Gasteiger partial charge on any atom is -0.481 e. The molecule has 0 radical (unpaired) electrons. The topological polar surface area (TPSA) is 76.4 Å². The predicted octanol–water partition coefficient (Wildman–Crippen LogP) is 4.50. The van der Waals surface area contributed by atoms with E-state index in [2.05, 4.69) is 15.9 Å². The molecular weight excluding hydrogens is 437 g/mol. The van der Waals surface area contributed by atoms with Crippen LogP contribution in [-0.2, 0) is 21.2 Å². The normalized spacial score (nSPS) is 11.8. The van der Waals surface area contributed by atoms with E-state index in [0.29, 0.717) is 39.3 Å². The number of aryl methyl sites for hydroxylation is 1. The summed E-state index contributed by atoms with van der Waals surface area (Å²) in [5, 5.41) is 9.29. The fourth-order valence-electron chi connectivity index (χ4n) is 3.04. The number of hydrogen-bond donors (Lipinski definition) is 1. The van der Waals surface area contributed by atoms with E-state index in [1.165, 1.54) is 30.5 Å². The standard InChI is InChI=1S/C19H17BrFNO4S/c1-12-16(20)5-3-6-18(12)27(25,26)22-11-13(4-2-7-19(23)24)15-10-14(21)8-9-17(15)22/h3,5-6,8-11H,2,4,7H2,1H3,(H,23,24). The van der Waals surface area contributed by atoms with Crippen molar-refractivity contribution >= 4 is 42.8 Å². The zero-order valence-electron chi connectivity index (χ0n) is 14.4. The Labute approximate surface area is 164 Å². The summed E-state index contributed by atoms with van der Waals surface area (Å²) in [6, 6.07) is 8.84. The highest BCUT2D eigenvalue weighted by Crippen LogP contribution is 2.30. The Morgan fingerprint density at radius 3 is 2.70 bits per heavy atom. The predicted molar refractivity (Wildman–Crippen MR) is 104 cm³/mol. The lowest BCUT2D eigenvalue weighted by Gasteiger charge is -2.11. The van der Waals surface area contributed by atoms with Crippen LogP contribution in [0.15, 0.2) is 52.0 Å². The van der Waals surface area contributed by atoms with Crippen LogP contribution < -0.4 is 0 Å². The van der Waals surface area contributed by atoms with Crippen LogP contribution >= 0.6 is 15.9 Å². The maximum atomic E-state index is 13.8. The van der Waals surface area contributed by atoms with Crippen LogP contribution in [0.3, 0.4) is 0 Å². The Bertz CT molecular complexity index is 1140. The van der Waals surface area contributed by atoms with Gasteiger partial charge in [-0.05, 0) is 61.2 Å². The maximum Gasteiger partial charge on any atom is 0.303 e. The third-order valence-corrected chi connectivity index (χ3v) is 7.08. The maximum absolute atomic E-state index is 13.8. The van der Waals surface area contributed by atoms with Gasteiger partial charge in [-0.25, -0.2) is 16.8 Å². The monoisotopic (exact) mass is 453 g/mol. The minimum absolute atomic E-state index is 0.0422. The molecule has 8 heteroatoms. The van der Waals surface area contributed by atoms with Crippen molar-refractivity contribution in [1.29, 1.82) is 0 Å². The van der Waals surface area contributed by atoms with Gasteiger partial charge in [0.15, 0.2) is 0 Å². The average Bonchev–Trinajstić information content (AvgIpc) is 2.95. The molecule has 0 fully saturated rings. The molecule has 2 aromatic carbocycles. The molecule has 0 amide bonds. The van der Waals surface area contributed by atoms with E-state index < -0.39 is 21.8 Å². The zero-order chi connectivity index (χ0) is 19.8. The van der Waals surface area contributed by atoms with Crippen LogP contribution in [0.5, 0.6) is 0 Å². The van der Waals surface area contributed by atoms with Crippen LogP contribution in [0.25, 0.3) is 10.9 Å². The Balaban J connectivity index is 2.16. The summed E-state index contributed by atoms with van der Waals surface area (Å²) in [4.78, 5) is 10.9. The number of fused-ring (bicyclic) bond motifs is 1. The van der Waals surface area contributed by atoms with Crippen molar-refractivity contribution < 1.29 is 22.7 Å². The molecule has 3 aromatic rings. The van der Waals surface area contributed by atoms with Crippen LogP contribution in [0, 0.1) is 12.7 Å². The summed E-state index contributed by atoms with van der Waals surface area (Å²) < 4.78 is 42.1. The number of carboxylic acids is 1. The molecule has 0 unspecified atom stereocenters. The van der Waals surface area contributed by atoms with E-state index in [1.54, 1.807) is 19.1 Å². The summed E-state index contributed by atoms with van der Waals surface area (Å²) in [6.07, 6.45) is 2.09. The Hall–Kier alpha value is -2.19. The van der Waals surface area contributed by atoms with E-state index in [0.717, 1.165) is 3.97 Å². The van der Waals surface area contributed by atoms with Crippen LogP contribution in [0.2, 0.25) is 0 Å². The van der Waals surface area contributed by atoms with Crippen molar-refractivity contribution in [3.63, 3.8) is 0 Å². The number of rotatable bonds is 6. The van der Waals surface area contributed by atoms with Crippen LogP contribution in [0.4, 0.5) is 4.39 Å². The van der Waals surface area contributed by atoms with E-state index >= 15 is 0 Å². The molecule has 3 rings (SSSR count). The van der Waals surface area contributed by atoms with Crippen LogP contribution in [-0.4, -0.2) is 23.5 Å². The Morgan fingerprint density at radius 1 is 1.26 bits per heavy atom. The van der Waals surface area contributed by atoms with E-state index in [4.69, 9.17) is 5.11 Å². The zero-order valence-corrected chi connectivity index (χ0v) is 16.8. The lowest BCUT2D eigenvalue weighted by Crippen LogP contribution is -2.13. The van der Waals surface area contributed by atoms with Gasteiger partial charge in [0.2, 0.25) is 0 Å². The summed E-state index contributed by atoms with van der Waals surface area (Å²) in [7, 11) is -3.90. The van der Waals surface area contributed by atoms with E-state index in [-0.39, 0.29) is 11.3 Å². The van der Waals surface area contributed by atoms with Crippen molar-refractivity contribution in [2.45, 2.75) is 31.1 Å². The number of carboxylic acid groups (broad SMARTS) is 1. The first-order valence-corrected chi connectivity index (χ1v) is 10.5. The number of benzene rings is 2. The summed E-state index contributed by atoms with van der Waals surface area (Å²) >= 11 is 3.34. The lowest BCUT2D eigenvalue weighted by molar-refractivity contribution is -0.137. The first-order valence-electron chi connectivity index (χ1n) is 8.24. The van der Waals surface area contributed by atoms with Gasteiger partial charge in [-0.3, -0.25) is 4.79 Å². The molecule has 0 spiro atoms. The SMILES string of the molecule is Cc1c(Br)cccc1S(=O)(=O)n1cc(CCCC(=O)O)c2cc(F)ccc21. The highest BCUT2D eigenvalue weighted by molar-refractivity contribution is 9.10. The molecule has 27 heavy (non-hydrogen) atoms. The smallest absolute Gasteiger partial charge is 0.303 e. The van der Waals surface area contributed by atoms with Gasteiger partial charge >= 0.3 is 5.97 Å². The van der Waals surface area contributed by atoms with Gasteiger partial charge in [-0.15, -0.1) is 0 Å². The second-order valence-electron chi connectivity index (χ2n) is 6.23. The van der Waals surface area contributed by atoms with Gasteiger partial charge in [-0.1, -0.05) is 22.0 Å². The Morgan fingerprint density at radius 2 is 2.00 bits per heavy atom. The van der Waals surface area contributed by atoms with E-state index in [9.17, 15) is 17.6 Å². The molecule has 0 saturated heterocycles. The number of hydrogen-bond acceptors (Lipinski definition) is 3. The molecule has 142 valence electrons. The van der Waals surface area contributed by atoms with Crippen molar-refractivity contribution in [2.24, 2.45) is 0 Å². The molecule has 0 aliphatic heterocycles. The van der Waals surface area contributed by atoms with Gasteiger partial charge in [0.1, 0.15) is 5.82 Å². The molecular formula is C19H17BrFNO4S. The minimum atomic E-state index is -3.90. The van der Waals surface area contributed by atoms with Crippen LogP contribution in [0.1, 0.15) is 24.0 Å². The average molecular weight is 454 g/mol. The first-order chi connectivity index (χ1) is 12.7. The number of halogens is 2. The number of aliphatic carboxylic acids is 1. The molecule has 5 nitrogen and oxygen atoms in total. The lowest BCUT2D eigenvalue weighted by atomic mass is 10.1. The number of aromatic nitrogens is 1. The van der Waals surface area contributed by atoms with Gasteiger partial charge in [-0.2, -0.15) is 0 Å². The molecule has 0 aliphatic rings. The molecule has 0 aliphatic carbocycles. The summed E-state index contributed by atoms with van der Waals surface area (Å²) in [5.41, 5.74) is 1.54. The number of nitrogens with zero attached hydrogens (tertiary/aromatic N) is 1. The summed E-state index contributed by atoms with van der Waals surface area (Å²) in [6.45, 7) is 1.70. The molecule has 0 bridgehead atoms. The van der Waals surface area contributed by atoms with Gasteiger partial charge < -0.3 is 5.11 Å². The van der Waals surface area contributed by atoms with Crippen molar-refractivity contribution in [3.8, 4) is 0 Å². The largest absolute Gasteiger partial charge is 0.481 e. The van der Waals surface area contributed by atoms with Gasteiger partial charge in [0, 0.05) is 22.5 Å². The molecule has 1 N–H and O–H groups in total. The quantitative estimate of drug-likeness (QED) is 0.596. The second kappa shape index (κ2) is 7.44. The molecule has 1 heterocycles. The number of carbonyl (C=O) groups is 1. The highest BCUT2D eigenvalue weighted by Gasteiger charge is 2.24. The highest BCUT2D eigenvalue weighted by atomic mass is 79.9. The fourth-order valence-corrected chi connectivity index (χ4v) is 5.18. The second-order valence-corrected chi connectivity index (χ2v) is 8.86. The van der Waals surface area contributed by atoms with E-state index in [1.807, 2.05) is 0 Å². The van der Waals surface area contributed by atoms with Crippen molar-refractivity contribution in [3.05, 3.63) is 64.0 Å². The van der Waals surface area contributed by atoms with Gasteiger partial charge in [0.05, 0.1) is 10.4 Å². The molecule has 1 aromatic heterocycles. The third-order valence-electron chi connectivity index (χ3n) is 4.41. The summed E-state index contributed by atoms with van der Waals surface area (Å²) in [5.74, 6) is -1.40. The first kappa shape index (κ1) is 19.6. The van der Waals surface area contributed by atoms with Crippen molar-refractivity contribution in [2.75, 3.05) is 0 Å². The third kappa shape index (κ3) is 3.77. The Kier molecular flexibility index (Phi) is 5.39. The van der Waals surface area contributed by atoms with Crippen molar-refractivity contribution in [1.82, 2.24) is 3.97 Å². The fraction of sp³-hybridized carbons (Fsp3) is 0.211. The molecule has 0 saturated carbocycles.